The SMILES string of the molecule is CCCCCCCCCCCCCCOC(=O)c1ccc(N=CC2=C(O)CCCC2=O)cc1. The third kappa shape index (κ3) is 10.8. The molecule has 1 aliphatic carbocycles. The molecule has 1 N–H and O–H groups in total. The Morgan fingerprint density at radius 1 is 0.909 bits per heavy atom. The average molecular weight is 456 g/mol. The number of ketones is 1. The fourth-order valence-electron chi connectivity index (χ4n) is 4.01. The van der Waals surface area contributed by atoms with E-state index in [4.69, 9.17) is 4.74 Å². The average Bonchev–Trinajstić information content (AvgIpc) is 2.82. The number of ether oxygens (including phenoxy) is 1. The number of esters is 1. The van der Waals surface area contributed by atoms with E-state index < -0.39 is 0 Å². The van der Waals surface area contributed by atoms with Gasteiger partial charge in [0.1, 0.15) is 5.76 Å². The van der Waals surface area contributed by atoms with Crippen molar-refractivity contribution in [2.75, 3.05) is 6.61 Å². The molecule has 0 radical (unpaired) electrons. The number of allylic oxidation sites excluding steroid dienone is 2. The first kappa shape index (κ1) is 26.8. The van der Waals surface area contributed by atoms with E-state index in [2.05, 4.69) is 11.9 Å². The van der Waals surface area contributed by atoms with Crippen LogP contribution in [0.15, 0.2) is 40.6 Å². The number of aliphatic hydroxyl groups is 1. The van der Waals surface area contributed by atoms with Gasteiger partial charge in [-0.2, -0.15) is 0 Å². The summed E-state index contributed by atoms with van der Waals surface area (Å²) in [5.74, 6) is -0.301. The first-order chi connectivity index (χ1) is 16.1. The Labute approximate surface area is 199 Å². The van der Waals surface area contributed by atoms with Gasteiger partial charge in [-0.1, -0.05) is 77.6 Å². The molecule has 0 spiro atoms. The number of hydrogen-bond acceptors (Lipinski definition) is 5. The molecule has 33 heavy (non-hydrogen) atoms. The van der Waals surface area contributed by atoms with Crippen LogP contribution in [-0.2, 0) is 9.53 Å². The molecule has 0 heterocycles. The van der Waals surface area contributed by atoms with Crippen LogP contribution < -0.4 is 0 Å². The predicted octanol–water partition coefficient (Wildman–Crippen LogP) is 7.81. The summed E-state index contributed by atoms with van der Waals surface area (Å²) < 4.78 is 5.38. The molecular formula is C28H41NO4. The minimum Gasteiger partial charge on any atom is -0.512 e. The molecule has 5 nitrogen and oxygen atoms in total. The first-order valence-electron chi connectivity index (χ1n) is 12.9. The van der Waals surface area contributed by atoms with Gasteiger partial charge in [0.25, 0.3) is 0 Å². The molecule has 1 aliphatic rings. The van der Waals surface area contributed by atoms with Crippen molar-refractivity contribution in [2.45, 2.75) is 103 Å². The summed E-state index contributed by atoms with van der Waals surface area (Å²) in [6.07, 6.45) is 18.4. The van der Waals surface area contributed by atoms with Gasteiger partial charge in [0.2, 0.25) is 0 Å². The maximum absolute atomic E-state index is 12.2. The number of carbonyl (C=O) groups excluding carboxylic acids is 2. The number of unbranched alkanes of at least 4 members (excludes halogenated alkanes) is 11. The van der Waals surface area contributed by atoms with Gasteiger partial charge < -0.3 is 9.84 Å². The zero-order valence-corrected chi connectivity index (χ0v) is 20.3. The molecule has 0 amide bonds. The van der Waals surface area contributed by atoms with Crippen LogP contribution in [0.2, 0.25) is 0 Å². The van der Waals surface area contributed by atoms with Crippen LogP contribution in [0.3, 0.4) is 0 Å². The van der Waals surface area contributed by atoms with Crippen molar-refractivity contribution in [3.63, 3.8) is 0 Å². The van der Waals surface area contributed by atoms with Gasteiger partial charge in [0.05, 0.1) is 23.4 Å². The Hall–Kier alpha value is -2.43. The highest BCUT2D eigenvalue weighted by Gasteiger charge is 2.18. The fraction of sp³-hybridized carbons (Fsp3) is 0.607. The van der Waals surface area contributed by atoms with Crippen LogP contribution in [0.1, 0.15) is 114 Å². The molecule has 2 rings (SSSR count). The number of aliphatic imine (C=N–C) groups is 1. The predicted molar refractivity (Wildman–Crippen MR) is 134 cm³/mol. The van der Waals surface area contributed by atoms with Crippen LogP contribution in [-0.4, -0.2) is 29.7 Å². The van der Waals surface area contributed by atoms with Crippen molar-refractivity contribution in [1.82, 2.24) is 0 Å². The highest BCUT2D eigenvalue weighted by atomic mass is 16.5. The fourth-order valence-corrected chi connectivity index (χ4v) is 4.01. The Morgan fingerprint density at radius 3 is 2.06 bits per heavy atom. The van der Waals surface area contributed by atoms with Gasteiger partial charge >= 0.3 is 5.97 Å². The summed E-state index contributed by atoms with van der Waals surface area (Å²) in [4.78, 5) is 28.3. The molecule has 0 aliphatic heterocycles. The topological polar surface area (TPSA) is 76.0 Å². The molecule has 1 aromatic rings. The molecular weight excluding hydrogens is 414 g/mol. The van der Waals surface area contributed by atoms with Crippen LogP contribution in [0.4, 0.5) is 5.69 Å². The molecule has 5 heteroatoms. The largest absolute Gasteiger partial charge is 0.512 e. The van der Waals surface area contributed by atoms with Gasteiger partial charge in [-0.3, -0.25) is 9.79 Å². The Balaban J connectivity index is 1.56. The van der Waals surface area contributed by atoms with E-state index in [-0.39, 0.29) is 23.1 Å². The smallest absolute Gasteiger partial charge is 0.338 e. The Kier molecular flexibility index (Phi) is 13.2. The van der Waals surface area contributed by atoms with Crippen molar-refractivity contribution in [2.24, 2.45) is 4.99 Å². The maximum Gasteiger partial charge on any atom is 0.338 e. The third-order valence-corrected chi connectivity index (χ3v) is 6.11. The van der Waals surface area contributed by atoms with E-state index in [1.807, 2.05) is 0 Å². The van der Waals surface area contributed by atoms with Crippen molar-refractivity contribution >= 4 is 23.7 Å². The number of aliphatic hydroxyl groups excluding tert-OH is 1. The number of benzene rings is 1. The second-order valence-corrected chi connectivity index (χ2v) is 8.97. The summed E-state index contributed by atoms with van der Waals surface area (Å²) in [5.41, 5.74) is 1.39. The quantitative estimate of drug-likeness (QED) is 0.157. The maximum atomic E-state index is 12.2. The summed E-state index contributed by atoms with van der Waals surface area (Å²) in [6, 6.07) is 6.77. The van der Waals surface area contributed by atoms with Crippen LogP contribution in [0, 0.1) is 0 Å². The number of Topliss-reactive ketones (excluding diaryl/α,β-unsaturated/α-hetero) is 1. The third-order valence-electron chi connectivity index (χ3n) is 6.11. The first-order valence-corrected chi connectivity index (χ1v) is 12.9. The van der Waals surface area contributed by atoms with Crippen LogP contribution >= 0.6 is 0 Å². The number of hydrogen-bond donors (Lipinski definition) is 1. The molecule has 182 valence electrons. The van der Waals surface area contributed by atoms with E-state index in [1.54, 1.807) is 24.3 Å². The highest BCUT2D eigenvalue weighted by Crippen LogP contribution is 2.20. The molecule has 0 aromatic heterocycles. The van der Waals surface area contributed by atoms with Gasteiger partial charge in [0.15, 0.2) is 5.78 Å². The van der Waals surface area contributed by atoms with E-state index >= 15 is 0 Å². The molecule has 0 fully saturated rings. The lowest BCUT2D eigenvalue weighted by atomic mass is 9.97. The standard InChI is InChI=1S/C28H41NO4/c1-2-3-4-5-6-7-8-9-10-11-12-13-21-33-28(32)23-17-19-24(20-18-23)29-22-25-26(30)15-14-16-27(25)31/h17-20,22,30H,2-16,21H2,1H3. The highest BCUT2D eigenvalue weighted by molar-refractivity contribution is 6.14. The van der Waals surface area contributed by atoms with Crippen LogP contribution in [0.5, 0.6) is 0 Å². The lowest BCUT2D eigenvalue weighted by molar-refractivity contribution is -0.115. The lowest BCUT2D eigenvalue weighted by Gasteiger charge is -2.11. The Morgan fingerprint density at radius 2 is 1.48 bits per heavy atom. The van der Waals surface area contributed by atoms with E-state index in [1.165, 1.54) is 70.4 Å². The van der Waals surface area contributed by atoms with Gasteiger partial charge in [-0.05, 0) is 37.1 Å². The van der Waals surface area contributed by atoms with E-state index in [0.717, 1.165) is 12.8 Å². The van der Waals surface area contributed by atoms with E-state index in [9.17, 15) is 14.7 Å². The molecule has 0 atom stereocenters. The summed E-state index contributed by atoms with van der Waals surface area (Å²) in [7, 11) is 0. The second-order valence-electron chi connectivity index (χ2n) is 8.97. The lowest BCUT2D eigenvalue weighted by Crippen LogP contribution is -2.12. The van der Waals surface area contributed by atoms with Crippen molar-refractivity contribution in [3.8, 4) is 0 Å². The molecule has 0 saturated heterocycles. The van der Waals surface area contributed by atoms with Gasteiger partial charge in [-0.15, -0.1) is 0 Å². The normalized spacial score (nSPS) is 14.3. The van der Waals surface area contributed by atoms with Crippen molar-refractivity contribution in [1.29, 1.82) is 0 Å². The molecule has 0 unspecified atom stereocenters. The molecule has 1 aromatic carbocycles. The summed E-state index contributed by atoms with van der Waals surface area (Å²) in [6.45, 7) is 2.70. The minimum atomic E-state index is -0.323. The van der Waals surface area contributed by atoms with Crippen molar-refractivity contribution in [3.05, 3.63) is 41.2 Å². The zero-order valence-electron chi connectivity index (χ0n) is 20.3. The zero-order chi connectivity index (χ0) is 23.7. The van der Waals surface area contributed by atoms with E-state index in [0.29, 0.717) is 37.1 Å². The minimum absolute atomic E-state index is 0.0829. The summed E-state index contributed by atoms with van der Waals surface area (Å²) >= 11 is 0. The van der Waals surface area contributed by atoms with Gasteiger partial charge in [0, 0.05) is 19.1 Å². The number of carbonyl (C=O) groups is 2. The Bertz CT molecular complexity index is 780. The number of nitrogens with zero attached hydrogens (tertiary/aromatic N) is 1. The van der Waals surface area contributed by atoms with Crippen LogP contribution in [0.25, 0.3) is 0 Å². The molecule has 0 bridgehead atoms. The van der Waals surface area contributed by atoms with Gasteiger partial charge in [-0.25, -0.2) is 4.79 Å². The monoisotopic (exact) mass is 455 g/mol. The summed E-state index contributed by atoms with van der Waals surface area (Å²) in [5, 5.41) is 9.86. The van der Waals surface area contributed by atoms with Crippen molar-refractivity contribution < 1.29 is 19.4 Å². The second kappa shape index (κ2) is 16.2. The molecule has 0 saturated carbocycles. The number of rotatable bonds is 16.